The molecule has 5 heteroatoms. The van der Waals surface area contributed by atoms with Gasteiger partial charge in [-0.05, 0) is 54.8 Å². The first-order chi connectivity index (χ1) is 12.0. The Bertz CT molecular complexity index is 930. The molecule has 1 aromatic heterocycles. The lowest BCUT2D eigenvalue weighted by Crippen LogP contribution is -2.02. The average Bonchev–Trinajstić information content (AvgIpc) is 2.93. The molecule has 3 aromatic rings. The maximum Gasteiger partial charge on any atom is 0.307 e. The lowest BCUT2D eigenvalue weighted by molar-refractivity contribution is -0.136. The van der Waals surface area contributed by atoms with Crippen LogP contribution in [0.5, 0.6) is 5.75 Å². The van der Waals surface area contributed by atoms with E-state index >= 15 is 0 Å². The number of hydrogen-bond donors (Lipinski definition) is 2. The molecule has 0 radical (unpaired) electrons. The topological polar surface area (TPSA) is 62.3 Å². The molecule has 2 aromatic carbocycles. The van der Waals surface area contributed by atoms with Crippen molar-refractivity contribution in [3.8, 4) is 17.0 Å². The van der Waals surface area contributed by atoms with Gasteiger partial charge in [0.25, 0.3) is 0 Å². The first-order valence-electron chi connectivity index (χ1n) is 8.31. The average molecular weight is 402 g/mol. The summed E-state index contributed by atoms with van der Waals surface area (Å²) in [6.45, 7) is 4.57. The number of hydrogen-bond acceptors (Lipinski definition) is 2. The molecule has 25 heavy (non-hydrogen) atoms. The van der Waals surface area contributed by atoms with E-state index in [-0.39, 0.29) is 6.42 Å². The highest BCUT2D eigenvalue weighted by atomic mass is 79.9. The van der Waals surface area contributed by atoms with E-state index in [1.807, 2.05) is 31.2 Å². The van der Waals surface area contributed by atoms with Gasteiger partial charge in [0.15, 0.2) is 0 Å². The fraction of sp³-hybridized carbons (Fsp3) is 0.250. The Morgan fingerprint density at radius 2 is 2.00 bits per heavy atom. The molecule has 0 saturated carbocycles. The molecule has 130 valence electrons. The lowest BCUT2D eigenvalue weighted by Gasteiger charge is -2.11. The zero-order valence-corrected chi connectivity index (χ0v) is 15.8. The molecule has 0 amide bonds. The zero-order valence-electron chi connectivity index (χ0n) is 14.2. The quantitative estimate of drug-likeness (QED) is 0.597. The first-order valence-corrected chi connectivity index (χ1v) is 9.10. The summed E-state index contributed by atoms with van der Waals surface area (Å²) in [6, 6.07) is 11.9. The van der Waals surface area contributed by atoms with E-state index in [4.69, 9.17) is 4.74 Å². The number of carboxylic acids is 1. The van der Waals surface area contributed by atoms with Crippen LogP contribution in [0, 0.1) is 0 Å². The molecule has 0 saturated heterocycles. The van der Waals surface area contributed by atoms with Crippen molar-refractivity contribution in [2.45, 2.75) is 26.7 Å². The van der Waals surface area contributed by atoms with E-state index in [1.54, 1.807) is 0 Å². The smallest absolute Gasteiger partial charge is 0.307 e. The van der Waals surface area contributed by atoms with Crippen molar-refractivity contribution in [3.05, 3.63) is 52.0 Å². The summed E-state index contributed by atoms with van der Waals surface area (Å²) in [7, 11) is 0. The third kappa shape index (κ3) is 3.56. The van der Waals surface area contributed by atoms with Crippen LogP contribution >= 0.6 is 15.9 Å². The van der Waals surface area contributed by atoms with Gasteiger partial charge in [0.1, 0.15) is 5.75 Å². The van der Waals surface area contributed by atoms with Crippen LogP contribution in [0.25, 0.3) is 22.2 Å². The van der Waals surface area contributed by atoms with Crippen LogP contribution in [-0.2, 0) is 17.6 Å². The number of nitrogens with one attached hydrogen (secondary N) is 1. The Balaban J connectivity index is 2.28. The summed E-state index contributed by atoms with van der Waals surface area (Å²) in [5.41, 5.74) is 4.57. The van der Waals surface area contributed by atoms with Gasteiger partial charge < -0.3 is 14.8 Å². The predicted octanol–water partition coefficient (Wildman–Crippen LogP) is 5.19. The number of benzene rings is 2. The van der Waals surface area contributed by atoms with Gasteiger partial charge in [0.05, 0.1) is 18.7 Å². The molecule has 3 rings (SSSR count). The molecule has 0 aliphatic heterocycles. The highest BCUT2D eigenvalue weighted by Gasteiger charge is 2.19. The number of rotatable bonds is 6. The number of aliphatic carboxylic acids is 1. The minimum absolute atomic E-state index is 0.0411. The van der Waals surface area contributed by atoms with Crippen LogP contribution in [0.4, 0.5) is 0 Å². The van der Waals surface area contributed by atoms with Crippen molar-refractivity contribution >= 4 is 32.8 Å². The van der Waals surface area contributed by atoms with Gasteiger partial charge in [-0.1, -0.05) is 28.9 Å². The second-order valence-corrected chi connectivity index (χ2v) is 6.77. The lowest BCUT2D eigenvalue weighted by atomic mass is 10.0. The number of fused-ring (bicyclic) bond motifs is 1. The number of carbonyl (C=O) groups is 1. The van der Waals surface area contributed by atoms with Gasteiger partial charge in [-0.3, -0.25) is 4.79 Å². The number of aryl methyl sites for hydroxylation is 1. The highest BCUT2D eigenvalue weighted by molar-refractivity contribution is 9.10. The molecule has 0 fully saturated rings. The molecule has 2 N–H and O–H groups in total. The van der Waals surface area contributed by atoms with E-state index in [9.17, 15) is 9.90 Å². The van der Waals surface area contributed by atoms with E-state index in [2.05, 4.69) is 40.0 Å². The Kier molecular flexibility index (Phi) is 5.13. The van der Waals surface area contributed by atoms with Gasteiger partial charge >= 0.3 is 5.97 Å². The molecule has 0 aliphatic carbocycles. The Morgan fingerprint density at radius 3 is 2.68 bits per heavy atom. The summed E-state index contributed by atoms with van der Waals surface area (Å²) in [5, 5.41) is 10.4. The maximum absolute atomic E-state index is 11.5. The molecule has 0 aliphatic rings. The van der Waals surface area contributed by atoms with Gasteiger partial charge in [-0.25, -0.2) is 0 Å². The largest absolute Gasteiger partial charge is 0.493 e. The standard InChI is InChI=1S/C20H20BrNO3/c1-3-12-5-7-17-14(9-12)15(11-19(23)24)20(22-17)16-10-13(21)6-8-18(16)25-4-2/h5-10,22H,3-4,11H2,1-2H3,(H,23,24). The van der Waals surface area contributed by atoms with Crippen LogP contribution in [0.1, 0.15) is 25.0 Å². The number of H-pyrrole nitrogens is 1. The number of ether oxygens (including phenoxy) is 1. The third-order valence-corrected chi connectivity index (χ3v) is 4.71. The van der Waals surface area contributed by atoms with Crippen LogP contribution in [0.3, 0.4) is 0 Å². The summed E-state index contributed by atoms with van der Waals surface area (Å²) >= 11 is 3.50. The van der Waals surface area contributed by atoms with E-state index in [1.165, 1.54) is 5.56 Å². The fourth-order valence-corrected chi connectivity index (χ4v) is 3.42. The number of aromatic amines is 1. The van der Waals surface area contributed by atoms with Gasteiger partial charge in [-0.15, -0.1) is 0 Å². The second-order valence-electron chi connectivity index (χ2n) is 5.86. The molecule has 0 atom stereocenters. The molecule has 0 bridgehead atoms. The summed E-state index contributed by atoms with van der Waals surface area (Å²) < 4.78 is 6.68. The van der Waals surface area contributed by atoms with Gasteiger partial charge in [-0.2, -0.15) is 0 Å². The Hall–Kier alpha value is -2.27. The van der Waals surface area contributed by atoms with Crippen LogP contribution < -0.4 is 4.74 Å². The summed E-state index contributed by atoms with van der Waals surface area (Å²) in [5.74, 6) is -0.114. The maximum atomic E-state index is 11.5. The third-order valence-electron chi connectivity index (χ3n) is 4.22. The van der Waals surface area contributed by atoms with Gasteiger partial charge in [0.2, 0.25) is 0 Å². The Morgan fingerprint density at radius 1 is 1.20 bits per heavy atom. The minimum atomic E-state index is -0.850. The zero-order chi connectivity index (χ0) is 18.0. The summed E-state index contributed by atoms with van der Waals surface area (Å²) in [6.07, 6.45) is 0.866. The molecule has 0 spiro atoms. The molecule has 4 nitrogen and oxygen atoms in total. The SMILES string of the molecule is CCOc1ccc(Br)cc1-c1[nH]c2ccc(CC)cc2c1CC(=O)O. The summed E-state index contributed by atoms with van der Waals surface area (Å²) in [4.78, 5) is 14.9. The van der Waals surface area contributed by atoms with Crippen molar-refractivity contribution in [1.82, 2.24) is 4.98 Å². The van der Waals surface area contributed by atoms with Gasteiger partial charge in [0, 0.05) is 20.9 Å². The highest BCUT2D eigenvalue weighted by Crippen LogP contribution is 2.38. The van der Waals surface area contributed by atoms with Crippen molar-refractivity contribution in [3.63, 3.8) is 0 Å². The molecule has 1 heterocycles. The number of carboxylic acid groups (broad SMARTS) is 1. The van der Waals surface area contributed by atoms with E-state index < -0.39 is 5.97 Å². The predicted molar refractivity (Wildman–Crippen MR) is 103 cm³/mol. The Labute approximate surface area is 155 Å². The van der Waals surface area contributed by atoms with Crippen LogP contribution in [-0.4, -0.2) is 22.7 Å². The monoisotopic (exact) mass is 401 g/mol. The van der Waals surface area contributed by atoms with Crippen LogP contribution in [0.2, 0.25) is 0 Å². The number of aromatic nitrogens is 1. The molecule has 0 unspecified atom stereocenters. The number of halogens is 1. The molecular formula is C20H20BrNO3. The fourth-order valence-electron chi connectivity index (χ4n) is 3.06. The minimum Gasteiger partial charge on any atom is -0.493 e. The molecular weight excluding hydrogens is 382 g/mol. The van der Waals surface area contributed by atoms with Crippen molar-refractivity contribution in [1.29, 1.82) is 0 Å². The van der Waals surface area contributed by atoms with E-state index in [0.29, 0.717) is 6.61 Å². The van der Waals surface area contributed by atoms with Crippen molar-refractivity contribution in [2.75, 3.05) is 6.61 Å². The normalized spacial score (nSPS) is 11.0. The second kappa shape index (κ2) is 7.31. The van der Waals surface area contributed by atoms with Crippen molar-refractivity contribution < 1.29 is 14.6 Å². The van der Waals surface area contributed by atoms with E-state index in [0.717, 1.165) is 44.4 Å². The van der Waals surface area contributed by atoms with Crippen LogP contribution in [0.15, 0.2) is 40.9 Å². The first kappa shape index (κ1) is 17.5. The van der Waals surface area contributed by atoms with Crippen molar-refractivity contribution in [2.24, 2.45) is 0 Å².